The molecule has 2 atom stereocenters. The number of hydrogen-bond acceptors (Lipinski definition) is 4. The predicted octanol–water partition coefficient (Wildman–Crippen LogP) is 2.98. The molecule has 1 aromatic carbocycles. The van der Waals surface area contributed by atoms with Crippen molar-refractivity contribution in [2.45, 2.75) is 70.5 Å². The second-order valence-corrected chi connectivity index (χ2v) is 11.0. The maximum absolute atomic E-state index is 13.1. The van der Waals surface area contributed by atoms with Gasteiger partial charge in [0.1, 0.15) is 0 Å². The number of carbonyl (C=O) groups excluding carboxylic acids is 1. The van der Waals surface area contributed by atoms with Gasteiger partial charge in [0.05, 0.1) is 16.6 Å². The van der Waals surface area contributed by atoms with Crippen molar-refractivity contribution >= 4 is 15.9 Å². The third kappa shape index (κ3) is 4.23. The Bertz CT molecular complexity index is 827. The highest BCUT2D eigenvalue weighted by Gasteiger charge is 2.53. The quantitative estimate of drug-likeness (QED) is 0.767. The third-order valence-corrected chi connectivity index (χ3v) is 8.45. The molecule has 2 aliphatic heterocycles. The SMILES string of the molecule is CC[C@@H](C)CN1C(=O)[C@H](C(C)C)NC12CCN(S(=O)(=O)c1ccc(C)cc1)CC2. The van der Waals surface area contributed by atoms with Crippen LogP contribution in [0.25, 0.3) is 0 Å². The van der Waals surface area contributed by atoms with Crippen molar-refractivity contribution in [2.24, 2.45) is 11.8 Å². The van der Waals surface area contributed by atoms with Crippen molar-refractivity contribution in [1.29, 1.82) is 0 Å². The smallest absolute Gasteiger partial charge is 0.243 e. The topological polar surface area (TPSA) is 69.7 Å². The Morgan fingerprint density at radius 2 is 1.72 bits per heavy atom. The van der Waals surface area contributed by atoms with E-state index < -0.39 is 15.7 Å². The number of benzene rings is 1. The summed E-state index contributed by atoms with van der Waals surface area (Å²) in [7, 11) is -3.51. The van der Waals surface area contributed by atoms with Crippen LogP contribution in [0.15, 0.2) is 29.2 Å². The summed E-state index contributed by atoms with van der Waals surface area (Å²) in [5.74, 6) is 0.781. The highest BCUT2D eigenvalue weighted by atomic mass is 32.2. The summed E-state index contributed by atoms with van der Waals surface area (Å²) in [5.41, 5.74) is 0.602. The number of hydrogen-bond donors (Lipinski definition) is 1. The summed E-state index contributed by atoms with van der Waals surface area (Å²) in [4.78, 5) is 15.5. The lowest BCUT2D eigenvalue weighted by molar-refractivity contribution is -0.134. The molecule has 7 heteroatoms. The Balaban J connectivity index is 1.80. The van der Waals surface area contributed by atoms with Gasteiger partial charge in [-0.1, -0.05) is 51.8 Å². The number of nitrogens with one attached hydrogen (secondary N) is 1. The van der Waals surface area contributed by atoms with Crippen molar-refractivity contribution in [3.8, 4) is 0 Å². The van der Waals surface area contributed by atoms with E-state index in [1.807, 2.05) is 24.0 Å². The minimum atomic E-state index is -3.51. The molecular formula is C22H35N3O3S. The lowest BCUT2D eigenvalue weighted by Crippen LogP contribution is -2.60. The minimum Gasteiger partial charge on any atom is -0.323 e. The fraction of sp³-hybridized carbons (Fsp3) is 0.682. The Morgan fingerprint density at radius 3 is 2.24 bits per heavy atom. The summed E-state index contributed by atoms with van der Waals surface area (Å²) in [5, 5.41) is 3.61. The lowest BCUT2D eigenvalue weighted by Gasteiger charge is -2.45. The van der Waals surface area contributed by atoms with Crippen LogP contribution in [-0.4, -0.2) is 54.9 Å². The summed E-state index contributed by atoms with van der Waals surface area (Å²) < 4.78 is 27.7. The molecular weight excluding hydrogens is 386 g/mol. The molecule has 1 spiro atoms. The van der Waals surface area contributed by atoms with Gasteiger partial charge in [0.2, 0.25) is 15.9 Å². The Hall–Kier alpha value is -1.44. The fourth-order valence-corrected chi connectivity index (χ4v) is 5.78. The van der Waals surface area contributed by atoms with Crippen LogP contribution in [0.5, 0.6) is 0 Å². The highest BCUT2D eigenvalue weighted by Crippen LogP contribution is 2.36. The van der Waals surface area contributed by atoms with Gasteiger partial charge in [0.15, 0.2) is 0 Å². The molecule has 1 amide bonds. The van der Waals surface area contributed by atoms with Gasteiger partial charge in [-0.2, -0.15) is 4.31 Å². The first-order valence-corrected chi connectivity index (χ1v) is 12.2. The van der Waals surface area contributed by atoms with E-state index in [0.717, 1.165) is 18.5 Å². The molecule has 2 aliphatic rings. The number of sulfonamides is 1. The number of aryl methyl sites for hydroxylation is 1. The Labute approximate surface area is 175 Å². The highest BCUT2D eigenvalue weighted by molar-refractivity contribution is 7.89. The van der Waals surface area contributed by atoms with E-state index in [-0.39, 0.29) is 17.9 Å². The van der Waals surface area contributed by atoms with Gasteiger partial charge in [-0.3, -0.25) is 10.1 Å². The molecule has 0 bridgehead atoms. The molecule has 6 nitrogen and oxygen atoms in total. The van der Waals surface area contributed by atoms with E-state index in [9.17, 15) is 13.2 Å². The molecule has 2 heterocycles. The van der Waals surface area contributed by atoms with Crippen LogP contribution in [0.2, 0.25) is 0 Å². The first-order chi connectivity index (χ1) is 13.6. The monoisotopic (exact) mass is 421 g/mol. The molecule has 0 radical (unpaired) electrons. The van der Waals surface area contributed by atoms with E-state index in [2.05, 4.69) is 33.0 Å². The zero-order valence-electron chi connectivity index (χ0n) is 18.3. The van der Waals surface area contributed by atoms with Crippen LogP contribution in [0.1, 0.15) is 52.5 Å². The van der Waals surface area contributed by atoms with Crippen LogP contribution in [0, 0.1) is 18.8 Å². The largest absolute Gasteiger partial charge is 0.323 e. The summed E-state index contributed by atoms with van der Waals surface area (Å²) in [6.07, 6.45) is 2.24. The van der Waals surface area contributed by atoms with Crippen molar-refractivity contribution < 1.29 is 13.2 Å². The minimum absolute atomic E-state index is 0.162. The summed E-state index contributed by atoms with van der Waals surface area (Å²) >= 11 is 0. The van der Waals surface area contributed by atoms with Gasteiger partial charge in [0.25, 0.3) is 0 Å². The molecule has 0 aromatic heterocycles. The van der Waals surface area contributed by atoms with Crippen LogP contribution < -0.4 is 5.32 Å². The van der Waals surface area contributed by atoms with Gasteiger partial charge in [-0.25, -0.2) is 8.42 Å². The molecule has 0 unspecified atom stereocenters. The zero-order valence-corrected chi connectivity index (χ0v) is 19.1. The van der Waals surface area contributed by atoms with Crippen molar-refractivity contribution in [3.63, 3.8) is 0 Å². The molecule has 0 aliphatic carbocycles. The Morgan fingerprint density at radius 1 is 1.14 bits per heavy atom. The van der Waals surface area contributed by atoms with Crippen molar-refractivity contribution in [1.82, 2.24) is 14.5 Å². The molecule has 2 fully saturated rings. The fourth-order valence-electron chi connectivity index (χ4n) is 4.34. The van der Waals surface area contributed by atoms with Crippen LogP contribution in [-0.2, 0) is 14.8 Å². The number of rotatable bonds is 6. The van der Waals surface area contributed by atoms with Crippen molar-refractivity contribution in [3.05, 3.63) is 29.8 Å². The van der Waals surface area contributed by atoms with Gasteiger partial charge in [0, 0.05) is 19.6 Å². The second kappa shape index (κ2) is 8.36. The number of piperidine rings is 1. The van der Waals surface area contributed by atoms with E-state index >= 15 is 0 Å². The normalized spacial score (nSPS) is 23.9. The first-order valence-electron chi connectivity index (χ1n) is 10.8. The molecule has 29 heavy (non-hydrogen) atoms. The molecule has 1 N–H and O–H groups in total. The third-order valence-electron chi connectivity index (χ3n) is 6.54. The number of amides is 1. The number of nitrogens with zero attached hydrogens (tertiary/aromatic N) is 2. The number of carbonyl (C=O) groups is 1. The van der Waals surface area contributed by atoms with E-state index in [1.54, 1.807) is 16.4 Å². The van der Waals surface area contributed by atoms with Crippen LogP contribution in [0.3, 0.4) is 0 Å². The summed E-state index contributed by atoms with van der Waals surface area (Å²) in [6, 6.07) is 6.82. The maximum Gasteiger partial charge on any atom is 0.243 e. The van der Waals surface area contributed by atoms with E-state index in [4.69, 9.17) is 0 Å². The van der Waals surface area contributed by atoms with E-state index in [1.165, 1.54) is 0 Å². The molecule has 2 saturated heterocycles. The maximum atomic E-state index is 13.1. The summed E-state index contributed by atoms with van der Waals surface area (Å²) in [6.45, 7) is 11.9. The van der Waals surface area contributed by atoms with E-state index in [0.29, 0.717) is 36.7 Å². The first kappa shape index (κ1) is 22.2. The zero-order chi connectivity index (χ0) is 21.4. The molecule has 3 rings (SSSR count). The second-order valence-electron chi connectivity index (χ2n) is 9.08. The van der Waals surface area contributed by atoms with Gasteiger partial charge in [-0.15, -0.1) is 0 Å². The molecule has 162 valence electrons. The predicted molar refractivity (Wildman–Crippen MR) is 115 cm³/mol. The Kier molecular flexibility index (Phi) is 6.41. The lowest BCUT2D eigenvalue weighted by atomic mass is 9.95. The molecule has 1 aromatic rings. The standard InChI is InChI=1S/C22H35N3O3S/c1-6-17(4)15-25-21(26)20(16(2)3)23-22(25)11-13-24(14-12-22)29(27,28)19-9-7-18(5)8-10-19/h7-10,16-17,20,23H,6,11-15H2,1-5H3/t17-,20+/m1/s1. The van der Waals surface area contributed by atoms with Gasteiger partial charge >= 0.3 is 0 Å². The van der Waals surface area contributed by atoms with Crippen molar-refractivity contribution in [2.75, 3.05) is 19.6 Å². The van der Waals surface area contributed by atoms with Crippen LogP contribution >= 0.6 is 0 Å². The molecule has 0 saturated carbocycles. The average molecular weight is 422 g/mol. The average Bonchev–Trinajstić information content (AvgIpc) is 2.95. The van der Waals surface area contributed by atoms with Gasteiger partial charge in [-0.05, 0) is 43.7 Å². The van der Waals surface area contributed by atoms with Crippen LogP contribution in [0.4, 0.5) is 0 Å². The van der Waals surface area contributed by atoms with Gasteiger partial charge < -0.3 is 4.90 Å².